The summed E-state index contributed by atoms with van der Waals surface area (Å²) < 4.78 is 34.8. The highest BCUT2D eigenvalue weighted by atomic mass is 32.2. The van der Waals surface area contributed by atoms with Crippen molar-refractivity contribution in [3.63, 3.8) is 0 Å². The Morgan fingerprint density at radius 3 is 2.33 bits per heavy atom. The fourth-order valence-corrected chi connectivity index (χ4v) is 5.05. The van der Waals surface area contributed by atoms with Crippen LogP contribution in [0.3, 0.4) is 0 Å². The SMILES string of the molecule is CSCC[C@H](NC(=O)c1cc(COCC(c2ccc(F)cc2)n2ccnc2)ccc1CCc1ccc(F)cc1)C(=O)O. The number of carboxylic acids is 1. The van der Waals surface area contributed by atoms with Crippen molar-refractivity contribution < 1.29 is 28.2 Å². The molecule has 1 heterocycles. The number of aromatic nitrogens is 2. The summed E-state index contributed by atoms with van der Waals surface area (Å²) in [7, 11) is 0. The molecule has 220 valence electrons. The minimum absolute atomic E-state index is 0.194. The Kier molecular flexibility index (Phi) is 11.2. The number of aryl methyl sites for hydroxylation is 2. The van der Waals surface area contributed by atoms with E-state index in [-0.39, 0.29) is 30.9 Å². The lowest BCUT2D eigenvalue weighted by Crippen LogP contribution is -2.41. The van der Waals surface area contributed by atoms with Crippen molar-refractivity contribution in [2.24, 2.45) is 0 Å². The monoisotopic (exact) mass is 593 g/mol. The first kappa shape index (κ1) is 30.9. The summed E-state index contributed by atoms with van der Waals surface area (Å²) in [6.45, 7) is 0.464. The van der Waals surface area contributed by atoms with Gasteiger partial charge in [-0.3, -0.25) is 4.79 Å². The van der Waals surface area contributed by atoms with E-state index in [4.69, 9.17) is 4.74 Å². The van der Waals surface area contributed by atoms with Crippen molar-refractivity contribution in [2.45, 2.75) is 38.0 Å². The number of carbonyl (C=O) groups excluding carboxylic acids is 1. The molecule has 0 radical (unpaired) electrons. The topological polar surface area (TPSA) is 93.5 Å². The largest absolute Gasteiger partial charge is 0.480 e. The van der Waals surface area contributed by atoms with Gasteiger partial charge in [-0.25, -0.2) is 18.6 Å². The molecule has 0 spiro atoms. The van der Waals surface area contributed by atoms with Gasteiger partial charge in [0, 0.05) is 18.0 Å². The molecule has 0 saturated carbocycles. The van der Waals surface area contributed by atoms with Gasteiger partial charge in [-0.1, -0.05) is 36.4 Å². The standard InChI is InChI=1S/C32H33F2N3O4S/c1-42-17-14-29(32(39)40)36-31(38)28-18-23(3-7-24(28)6-2-22-4-10-26(33)11-5-22)19-41-20-30(37-16-15-35-21-37)25-8-12-27(34)13-9-25/h3-5,7-13,15-16,18,21,29-30H,2,6,14,17,19-20H2,1H3,(H,36,38)(H,39,40)/t29-,30?/m0/s1. The number of carboxylic acid groups (broad SMARTS) is 1. The second-order valence-corrected chi connectivity index (χ2v) is 10.8. The van der Waals surface area contributed by atoms with Gasteiger partial charge in [-0.2, -0.15) is 11.8 Å². The number of rotatable bonds is 15. The molecule has 0 bridgehead atoms. The van der Waals surface area contributed by atoms with Gasteiger partial charge in [0.15, 0.2) is 0 Å². The van der Waals surface area contributed by atoms with Crippen LogP contribution in [0.1, 0.15) is 45.1 Å². The minimum atomic E-state index is -1.09. The number of nitrogens with zero attached hydrogens (tertiary/aromatic N) is 2. The maximum atomic E-state index is 13.5. The highest BCUT2D eigenvalue weighted by Gasteiger charge is 2.22. The maximum absolute atomic E-state index is 13.5. The summed E-state index contributed by atoms with van der Waals surface area (Å²) in [4.78, 5) is 29.3. The summed E-state index contributed by atoms with van der Waals surface area (Å²) in [6.07, 6.45) is 8.41. The third-order valence-corrected chi connectivity index (χ3v) is 7.56. The van der Waals surface area contributed by atoms with E-state index in [0.29, 0.717) is 30.6 Å². The second kappa shape index (κ2) is 15.3. The van der Waals surface area contributed by atoms with Gasteiger partial charge in [0.05, 0.1) is 25.6 Å². The van der Waals surface area contributed by atoms with Gasteiger partial charge in [-0.15, -0.1) is 0 Å². The molecule has 7 nitrogen and oxygen atoms in total. The highest BCUT2D eigenvalue weighted by Crippen LogP contribution is 2.21. The molecule has 3 aromatic carbocycles. The number of carbonyl (C=O) groups is 2. The molecule has 1 amide bonds. The van der Waals surface area contributed by atoms with Gasteiger partial charge >= 0.3 is 5.97 Å². The van der Waals surface area contributed by atoms with Crippen molar-refractivity contribution in [3.8, 4) is 0 Å². The van der Waals surface area contributed by atoms with Crippen LogP contribution >= 0.6 is 11.8 Å². The quantitative estimate of drug-likeness (QED) is 0.184. The normalized spacial score (nSPS) is 12.5. The van der Waals surface area contributed by atoms with Gasteiger partial charge in [0.25, 0.3) is 5.91 Å². The zero-order chi connectivity index (χ0) is 29.9. The molecule has 1 aromatic heterocycles. The molecule has 1 unspecified atom stereocenters. The summed E-state index contributed by atoms with van der Waals surface area (Å²) >= 11 is 1.51. The number of hydrogen-bond acceptors (Lipinski definition) is 5. The molecule has 2 atom stereocenters. The molecule has 4 aromatic rings. The molecule has 0 aliphatic rings. The van der Waals surface area contributed by atoms with Gasteiger partial charge < -0.3 is 19.7 Å². The molecule has 10 heteroatoms. The molecular weight excluding hydrogens is 560 g/mol. The summed E-state index contributed by atoms with van der Waals surface area (Å²) in [5.41, 5.74) is 3.64. The Morgan fingerprint density at radius 2 is 1.69 bits per heavy atom. The average molecular weight is 594 g/mol. The fourth-order valence-electron chi connectivity index (χ4n) is 4.58. The van der Waals surface area contributed by atoms with Crippen molar-refractivity contribution in [3.05, 3.63) is 125 Å². The lowest BCUT2D eigenvalue weighted by Gasteiger charge is -2.20. The van der Waals surface area contributed by atoms with Crippen molar-refractivity contribution in [1.29, 1.82) is 0 Å². The highest BCUT2D eigenvalue weighted by molar-refractivity contribution is 7.98. The first-order chi connectivity index (χ1) is 20.3. The van der Waals surface area contributed by atoms with Crippen LogP contribution in [0.4, 0.5) is 8.78 Å². The third kappa shape index (κ3) is 8.74. The van der Waals surface area contributed by atoms with E-state index >= 15 is 0 Å². The molecule has 0 fully saturated rings. The summed E-state index contributed by atoms with van der Waals surface area (Å²) in [5, 5.41) is 12.3. The number of benzene rings is 3. The van der Waals surface area contributed by atoms with Gasteiger partial charge in [-0.05, 0) is 83.9 Å². The van der Waals surface area contributed by atoms with Crippen molar-refractivity contribution >= 4 is 23.6 Å². The van der Waals surface area contributed by atoms with Crippen molar-refractivity contribution in [2.75, 3.05) is 18.6 Å². The van der Waals surface area contributed by atoms with Crippen LogP contribution in [-0.4, -0.2) is 51.2 Å². The van der Waals surface area contributed by atoms with E-state index in [0.717, 1.165) is 22.3 Å². The van der Waals surface area contributed by atoms with Crippen LogP contribution in [0.2, 0.25) is 0 Å². The second-order valence-electron chi connectivity index (χ2n) is 9.86. The summed E-state index contributed by atoms with van der Waals surface area (Å²) in [6, 6.07) is 16.6. The minimum Gasteiger partial charge on any atom is -0.480 e. The molecule has 0 saturated heterocycles. The average Bonchev–Trinajstić information content (AvgIpc) is 3.52. The Balaban J connectivity index is 1.51. The number of hydrogen-bond donors (Lipinski definition) is 2. The van der Waals surface area contributed by atoms with E-state index in [1.165, 1.54) is 36.0 Å². The molecule has 0 aliphatic carbocycles. The number of halogens is 2. The number of thioether (sulfide) groups is 1. The molecule has 42 heavy (non-hydrogen) atoms. The lowest BCUT2D eigenvalue weighted by molar-refractivity contribution is -0.139. The Labute approximate surface area is 247 Å². The van der Waals surface area contributed by atoms with E-state index in [2.05, 4.69) is 10.3 Å². The molecule has 2 N–H and O–H groups in total. The molecular formula is C32H33F2N3O4S. The van der Waals surface area contributed by atoms with Crippen molar-refractivity contribution in [1.82, 2.24) is 14.9 Å². The first-order valence-corrected chi connectivity index (χ1v) is 14.9. The van der Waals surface area contributed by atoms with Crippen LogP contribution < -0.4 is 5.32 Å². The molecule has 4 rings (SSSR count). The van der Waals surface area contributed by atoms with Gasteiger partial charge in [0.2, 0.25) is 0 Å². The van der Waals surface area contributed by atoms with Crippen LogP contribution in [0.25, 0.3) is 0 Å². The zero-order valence-corrected chi connectivity index (χ0v) is 24.0. The zero-order valence-electron chi connectivity index (χ0n) is 23.2. The smallest absolute Gasteiger partial charge is 0.326 e. The van der Waals surface area contributed by atoms with Crippen LogP contribution in [0.5, 0.6) is 0 Å². The predicted molar refractivity (Wildman–Crippen MR) is 159 cm³/mol. The third-order valence-electron chi connectivity index (χ3n) is 6.91. The number of nitrogens with one attached hydrogen (secondary N) is 1. The van der Waals surface area contributed by atoms with E-state index in [9.17, 15) is 23.5 Å². The van der Waals surface area contributed by atoms with E-state index < -0.39 is 17.9 Å². The lowest BCUT2D eigenvalue weighted by atomic mass is 9.97. The van der Waals surface area contributed by atoms with E-state index in [1.54, 1.807) is 42.9 Å². The van der Waals surface area contributed by atoms with Crippen LogP contribution in [0, 0.1) is 11.6 Å². The Bertz CT molecular complexity index is 1450. The first-order valence-electron chi connectivity index (χ1n) is 13.5. The van der Waals surface area contributed by atoms with Crippen LogP contribution in [0.15, 0.2) is 85.5 Å². The predicted octanol–water partition coefficient (Wildman–Crippen LogP) is 5.69. The fraction of sp³-hybridized carbons (Fsp3) is 0.281. The number of imidazole rings is 1. The van der Waals surface area contributed by atoms with E-state index in [1.807, 2.05) is 29.2 Å². The Morgan fingerprint density at radius 1 is 1.00 bits per heavy atom. The Hall–Kier alpha value is -4.02. The maximum Gasteiger partial charge on any atom is 0.326 e. The summed E-state index contributed by atoms with van der Waals surface area (Å²) in [5.74, 6) is -1.61. The number of ether oxygens (including phenoxy) is 1. The molecule has 0 aliphatic heterocycles. The van der Waals surface area contributed by atoms with Crippen LogP contribution in [-0.2, 0) is 29.0 Å². The van der Waals surface area contributed by atoms with Gasteiger partial charge in [0.1, 0.15) is 17.7 Å². The number of aliphatic carboxylic acids is 1. The number of amides is 1.